The number of hydrogen-bond acceptors (Lipinski definition) is 0. The quantitative estimate of drug-likeness (QED) is 0.140. The molecule has 8 aromatic rings. The van der Waals surface area contributed by atoms with Crippen LogP contribution in [0.3, 0.4) is 0 Å². The third-order valence-corrected chi connectivity index (χ3v) is 14.7. The van der Waals surface area contributed by atoms with Gasteiger partial charge >= 0.3 is 0 Å². The van der Waals surface area contributed by atoms with E-state index in [9.17, 15) is 0 Å². The SMILES string of the molecule is c1ccc(P(c2ccccc2)c2cccc(-c3cccc4c3C(c3cccc(P(c5ccccc5)c5ccccc5)c3)c3ccccc3-4)c2)cc1. The van der Waals surface area contributed by atoms with Gasteiger partial charge in [-0.2, -0.15) is 0 Å². The second kappa shape index (κ2) is 14.1. The van der Waals surface area contributed by atoms with Crippen molar-refractivity contribution < 1.29 is 0 Å². The largest absolute Gasteiger partial charge is 0.0622 e. The minimum Gasteiger partial charge on any atom is -0.0622 e. The van der Waals surface area contributed by atoms with Crippen molar-refractivity contribution in [2.45, 2.75) is 5.92 Å². The van der Waals surface area contributed by atoms with E-state index in [0.29, 0.717) is 0 Å². The minimum absolute atomic E-state index is 0.129. The standard InChI is InChI=1S/C49H36P2/c1-5-20-38(21-6-1)50(39-22-7-2-8-23-39)42-28-15-18-36(34-42)44-32-17-33-47-45-30-13-14-31-46(45)48(49(44)47)37-19-16-29-43(35-37)51(40-24-9-3-10-25-40)41-26-11-4-12-27-41/h1-35,48H. The molecule has 1 aliphatic rings. The topological polar surface area (TPSA) is 0 Å². The van der Waals surface area contributed by atoms with Gasteiger partial charge in [-0.3, -0.25) is 0 Å². The van der Waals surface area contributed by atoms with Gasteiger partial charge in [-0.15, -0.1) is 0 Å². The monoisotopic (exact) mass is 686 g/mol. The summed E-state index contributed by atoms with van der Waals surface area (Å²) in [6.07, 6.45) is 0. The molecule has 0 saturated carbocycles. The maximum Gasteiger partial charge on any atom is 0.0358 e. The van der Waals surface area contributed by atoms with Gasteiger partial charge in [-0.05, 0) is 98.7 Å². The van der Waals surface area contributed by atoms with Crippen LogP contribution in [0.25, 0.3) is 22.3 Å². The lowest BCUT2D eigenvalue weighted by Crippen LogP contribution is -2.21. The molecular formula is C49H36P2. The van der Waals surface area contributed by atoms with E-state index in [1.165, 1.54) is 70.8 Å². The average Bonchev–Trinajstić information content (AvgIpc) is 3.55. The van der Waals surface area contributed by atoms with Gasteiger partial charge in [0, 0.05) is 5.92 Å². The van der Waals surface area contributed by atoms with Crippen LogP contribution >= 0.6 is 15.8 Å². The Morgan fingerprint density at radius 1 is 0.294 bits per heavy atom. The summed E-state index contributed by atoms with van der Waals surface area (Å²) in [5, 5.41) is 8.21. The van der Waals surface area contributed by atoms with Crippen LogP contribution in [0.15, 0.2) is 212 Å². The van der Waals surface area contributed by atoms with Gasteiger partial charge in [0.25, 0.3) is 0 Å². The van der Waals surface area contributed by atoms with Gasteiger partial charge < -0.3 is 0 Å². The maximum absolute atomic E-state index is 2.50. The van der Waals surface area contributed by atoms with Crippen LogP contribution in [0.1, 0.15) is 22.6 Å². The van der Waals surface area contributed by atoms with E-state index >= 15 is 0 Å². The van der Waals surface area contributed by atoms with Crippen molar-refractivity contribution in [3.05, 3.63) is 229 Å². The first-order valence-electron chi connectivity index (χ1n) is 17.6. The zero-order valence-corrected chi connectivity index (χ0v) is 30.0. The third kappa shape index (κ3) is 6.06. The fraction of sp³-hybridized carbons (Fsp3) is 0.0204. The molecule has 1 unspecified atom stereocenters. The molecule has 8 aromatic carbocycles. The van der Waals surface area contributed by atoms with Crippen LogP contribution in [0.4, 0.5) is 0 Å². The van der Waals surface area contributed by atoms with Crippen LogP contribution in [0, 0.1) is 0 Å². The predicted molar refractivity (Wildman–Crippen MR) is 222 cm³/mol. The molecule has 0 amide bonds. The normalized spacial score (nSPS) is 13.3. The first-order chi connectivity index (χ1) is 25.3. The third-order valence-electron chi connectivity index (χ3n) is 9.89. The Bertz CT molecular complexity index is 2340. The molecule has 242 valence electrons. The van der Waals surface area contributed by atoms with Gasteiger partial charge in [0.1, 0.15) is 0 Å². The van der Waals surface area contributed by atoms with E-state index in [1.807, 2.05) is 0 Å². The van der Waals surface area contributed by atoms with Crippen LogP contribution in [0.5, 0.6) is 0 Å². The minimum atomic E-state index is -0.717. The van der Waals surface area contributed by atoms with Crippen molar-refractivity contribution in [3.63, 3.8) is 0 Å². The summed E-state index contributed by atoms with van der Waals surface area (Å²) in [5.74, 6) is 0.129. The summed E-state index contributed by atoms with van der Waals surface area (Å²) in [4.78, 5) is 0. The van der Waals surface area contributed by atoms with E-state index in [4.69, 9.17) is 0 Å². The summed E-state index contributed by atoms with van der Waals surface area (Å²) >= 11 is 0. The van der Waals surface area contributed by atoms with Crippen molar-refractivity contribution >= 4 is 47.7 Å². The lowest BCUT2D eigenvalue weighted by Gasteiger charge is -2.23. The molecule has 0 heterocycles. The summed E-state index contributed by atoms with van der Waals surface area (Å²) in [6, 6.07) is 78.9. The maximum atomic E-state index is 2.50. The number of benzene rings is 8. The lowest BCUT2D eigenvalue weighted by molar-refractivity contribution is 1.02. The Labute approximate surface area is 303 Å². The second-order valence-electron chi connectivity index (χ2n) is 12.9. The fourth-order valence-electron chi connectivity index (χ4n) is 7.72. The van der Waals surface area contributed by atoms with E-state index < -0.39 is 15.8 Å². The Morgan fingerprint density at radius 2 is 0.706 bits per heavy atom. The molecule has 0 aliphatic heterocycles. The Hall–Kier alpha value is -5.38. The highest BCUT2D eigenvalue weighted by atomic mass is 31.1. The zero-order valence-electron chi connectivity index (χ0n) is 28.2. The van der Waals surface area contributed by atoms with Crippen LogP contribution in [0.2, 0.25) is 0 Å². The van der Waals surface area contributed by atoms with E-state index in [-0.39, 0.29) is 5.92 Å². The highest BCUT2D eigenvalue weighted by Crippen LogP contribution is 2.52. The molecule has 51 heavy (non-hydrogen) atoms. The van der Waals surface area contributed by atoms with Crippen molar-refractivity contribution in [3.8, 4) is 22.3 Å². The van der Waals surface area contributed by atoms with Crippen LogP contribution < -0.4 is 31.8 Å². The highest BCUT2D eigenvalue weighted by molar-refractivity contribution is 7.80. The number of rotatable bonds is 8. The average molecular weight is 687 g/mol. The molecule has 1 aliphatic carbocycles. The van der Waals surface area contributed by atoms with Crippen molar-refractivity contribution in [2.75, 3.05) is 0 Å². The van der Waals surface area contributed by atoms with Gasteiger partial charge in [-0.1, -0.05) is 200 Å². The Balaban J connectivity index is 1.20. The van der Waals surface area contributed by atoms with E-state index in [1.54, 1.807) is 0 Å². The predicted octanol–water partition coefficient (Wildman–Crippen LogP) is 10.0. The van der Waals surface area contributed by atoms with Gasteiger partial charge in [-0.25, -0.2) is 0 Å². The molecule has 0 fully saturated rings. The summed E-state index contributed by atoms with van der Waals surface area (Å²) in [7, 11) is -1.43. The lowest BCUT2D eigenvalue weighted by atomic mass is 9.85. The van der Waals surface area contributed by atoms with Gasteiger partial charge in [0.2, 0.25) is 0 Å². The smallest absolute Gasteiger partial charge is 0.0358 e. The summed E-state index contributed by atoms with van der Waals surface area (Å²) < 4.78 is 0. The van der Waals surface area contributed by atoms with Crippen molar-refractivity contribution in [1.29, 1.82) is 0 Å². The Morgan fingerprint density at radius 3 is 1.27 bits per heavy atom. The van der Waals surface area contributed by atoms with E-state index in [0.717, 1.165) is 0 Å². The molecule has 9 rings (SSSR count). The van der Waals surface area contributed by atoms with Crippen molar-refractivity contribution in [2.24, 2.45) is 0 Å². The summed E-state index contributed by atoms with van der Waals surface area (Å²) in [5.41, 5.74) is 9.39. The van der Waals surface area contributed by atoms with Crippen LogP contribution in [-0.2, 0) is 0 Å². The molecule has 0 N–H and O–H groups in total. The van der Waals surface area contributed by atoms with Gasteiger partial charge in [0.05, 0.1) is 0 Å². The van der Waals surface area contributed by atoms with E-state index in [2.05, 4.69) is 212 Å². The number of hydrogen-bond donors (Lipinski definition) is 0. The molecule has 0 bridgehead atoms. The summed E-state index contributed by atoms with van der Waals surface area (Å²) in [6.45, 7) is 0. The van der Waals surface area contributed by atoms with Crippen molar-refractivity contribution in [1.82, 2.24) is 0 Å². The van der Waals surface area contributed by atoms with Gasteiger partial charge in [0.15, 0.2) is 0 Å². The van der Waals surface area contributed by atoms with Crippen LogP contribution in [-0.4, -0.2) is 0 Å². The second-order valence-corrected chi connectivity index (χ2v) is 17.4. The first kappa shape index (κ1) is 31.6. The molecule has 0 aromatic heterocycles. The highest BCUT2D eigenvalue weighted by Gasteiger charge is 2.33. The zero-order chi connectivity index (χ0) is 34.0. The molecule has 0 radical (unpaired) electrons. The molecule has 0 saturated heterocycles. The first-order valence-corrected chi connectivity index (χ1v) is 20.2. The molecule has 1 atom stereocenters. The Kier molecular flexibility index (Phi) is 8.73. The number of fused-ring (bicyclic) bond motifs is 3. The molecular weight excluding hydrogens is 650 g/mol. The fourth-order valence-corrected chi connectivity index (χ4v) is 12.4. The molecule has 2 heteroatoms. The molecule has 0 nitrogen and oxygen atoms in total. The molecule has 0 spiro atoms.